The van der Waals surface area contributed by atoms with Gasteiger partial charge in [-0.2, -0.15) is 0 Å². The standard InChI is InChI=1S/C17H18ClNOS/c1-4-19-16(15-8-10(2)11(3)21-15)14-9-12-6-5-7-13(18)17(12)20-14/h5-9,16,19H,4H2,1-3H3. The molecule has 0 bridgehead atoms. The highest BCUT2D eigenvalue weighted by atomic mass is 35.5. The van der Waals surface area contributed by atoms with Crippen LogP contribution in [0.3, 0.4) is 0 Å². The van der Waals surface area contributed by atoms with Crippen molar-refractivity contribution in [1.29, 1.82) is 0 Å². The van der Waals surface area contributed by atoms with E-state index in [-0.39, 0.29) is 6.04 Å². The van der Waals surface area contributed by atoms with Crippen LogP contribution < -0.4 is 5.32 Å². The van der Waals surface area contributed by atoms with Crippen molar-refractivity contribution in [2.24, 2.45) is 0 Å². The van der Waals surface area contributed by atoms with Crippen LogP contribution >= 0.6 is 22.9 Å². The summed E-state index contributed by atoms with van der Waals surface area (Å²) in [5.74, 6) is 0.918. The van der Waals surface area contributed by atoms with Crippen molar-refractivity contribution in [3.8, 4) is 0 Å². The van der Waals surface area contributed by atoms with E-state index in [0.29, 0.717) is 5.02 Å². The van der Waals surface area contributed by atoms with Gasteiger partial charge in [0.25, 0.3) is 0 Å². The molecular formula is C17H18ClNOS. The maximum Gasteiger partial charge on any atom is 0.152 e. The van der Waals surface area contributed by atoms with E-state index in [1.54, 1.807) is 0 Å². The summed E-state index contributed by atoms with van der Waals surface area (Å²) in [6.07, 6.45) is 0. The van der Waals surface area contributed by atoms with Crippen LogP contribution in [0.25, 0.3) is 11.0 Å². The summed E-state index contributed by atoms with van der Waals surface area (Å²) in [6, 6.07) is 10.2. The first-order chi connectivity index (χ1) is 10.1. The van der Waals surface area contributed by atoms with Gasteiger partial charge < -0.3 is 9.73 Å². The van der Waals surface area contributed by atoms with Gasteiger partial charge >= 0.3 is 0 Å². The molecule has 0 amide bonds. The number of halogens is 1. The van der Waals surface area contributed by atoms with Crippen LogP contribution in [0.4, 0.5) is 0 Å². The second kappa shape index (κ2) is 5.84. The number of thiophene rings is 1. The van der Waals surface area contributed by atoms with Crippen LogP contribution in [-0.2, 0) is 0 Å². The molecule has 0 spiro atoms. The maximum atomic E-state index is 6.22. The van der Waals surface area contributed by atoms with Gasteiger partial charge in [-0.25, -0.2) is 0 Å². The van der Waals surface area contributed by atoms with Crippen LogP contribution in [0.5, 0.6) is 0 Å². The molecule has 0 radical (unpaired) electrons. The number of para-hydroxylation sites is 1. The number of furan rings is 1. The summed E-state index contributed by atoms with van der Waals surface area (Å²) in [5, 5.41) is 5.22. The minimum Gasteiger partial charge on any atom is -0.457 e. The van der Waals surface area contributed by atoms with Gasteiger partial charge in [0.2, 0.25) is 0 Å². The smallest absolute Gasteiger partial charge is 0.152 e. The summed E-state index contributed by atoms with van der Waals surface area (Å²) in [5.41, 5.74) is 2.09. The summed E-state index contributed by atoms with van der Waals surface area (Å²) in [4.78, 5) is 2.63. The van der Waals surface area contributed by atoms with Crippen LogP contribution in [-0.4, -0.2) is 6.54 Å². The topological polar surface area (TPSA) is 25.2 Å². The lowest BCUT2D eigenvalue weighted by molar-refractivity contribution is 0.481. The van der Waals surface area contributed by atoms with Crippen molar-refractivity contribution in [3.63, 3.8) is 0 Å². The third-order valence-electron chi connectivity index (χ3n) is 3.68. The molecule has 2 aromatic heterocycles. The fourth-order valence-electron chi connectivity index (χ4n) is 2.48. The molecular weight excluding hydrogens is 302 g/mol. The predicted molar refractivity (Wildman–Crippen MR) is 90.5 cm³/mol. The molecule has 3 aromatic rings. The highest BCUT2D eigenvalue weighted by molar-refractivity contribution is 7.12. The number of rotatable bonds is 4. The summed E-state index contributed by atoms with van der Waals surface area (Å²) >= 11 is 8.03. The van der Waals surface area contributed by atoms with Gasteiger partial charge in [-0.1, -0.05) is 30.7 Å². The van der Waals surface area contributed by atoms with Gasteiger partial charge in [0.1, 0.15) is 11.8 Å². The molecule has 1 unspecified atom stereocenters. The zero-order valence-electron chi connectivity index (χ0n) is 12.4. The quantitative estimate of drug-likeness (QED) is 0.690. The molecule has 0 aliphatic rings. The van der Waals surface area contributed by atoms with Crippen molar-refractivity contribution >= 4 is 33.9 Å². The number of benzene rings is 1. The van der Waals surface area contributed by atoms with Gasteiger partial charge in [-0.15, -0.1) is 11.3 Å². The van der Waals surface area contributed by atoms with Crippen LogP contribution in [0.15, 0.2) is 34.7 Å². The molecule has 1 N–H and O–H groups in total. The minimum atomic E-state index is 0.0795. The van der Waals surface area contributed by atoms with Crippen molar-refractivity contribution < 1.29 is 4.42 Å². The predicted octanol–water partition coefficient (Wildman–Crippen LogP) is 5.46. The highest BCUT2D eigenvalue weighted by Crippen LogP contribution is 2.35. The Morgan fingerprint density at radius 1 is 1.29 bits per heavy atom. The molecule has 0 fully saturated rings. The van der Waals surface area contributed by atoms with Crippen LogP contribution in [0, 0.1) is 13.8 Å². The number of hydrogen-bond donors (Lipinski definition) is 1. The largest absolute Gasteiger partial charge is 0.457 e. The Morgan fingerprint density at radius 3 is 2.71 bits per heavy atom. The van der Waals surface area contributed by atoms with E-state index in [9.17, 15) is 0 Å². The van der Waals surface area contributed by atoms with Gasteiger partial charge in [0, 0.05) is 15.1 Å². The molecule has 0 saturated heterocycles. The van der Waals surface area contributed by atoms with E-state index in [4.69, 9.17) is 16.0 Å². The summed E-state index contributed by atoms with van der Waals surface area (Å²) < 4.78 is 6.03. The van der Waals surface area contributed by atoms with E-state index < -0.39 is 0 Å². The fraction of sp³-hybridized carbons (Fsp3) is 0.294. The van der Waals surface area contributed by atoms with E-state index in [1.807, 2.05) is 29.5 Å². The molecule has 2 nitrogen and oxygen atoms in total. The second-order valence-corrected chi connectivity index (χ2v) is 6.88. The summed E-state index contributed by atoms with van der Waals surface area (Å²) in [7, 11) is 0. The van der Waals surface area contributed by atoms with E-state index >= 15 is 0 Å². The zero-order chi connectivity index (χ0) is 15.0. The van der Waals surface area contributed by atoms with Crippen molar-refractivity contribution in [2.75, 3.05) is 6.54 Å². The van der Waals surface area contributed by atoms with Crippen molar-refractivity contribution in [2.45, 2.75) is 26.8 Å². The average molecular weight is 320 g/mol. The van der Waals surface area contributed by atoms with Gasteiger partial charge in [-0.05, 0) is 44.2 Å². The lowest BCUT2D eigenvalue weighted by atomic mass is 10.1. The Kier molecular flexibility index (Phi) is 4.07. The molecule has 3 rings (SSSR count). The molecule has 0 aliphatic heterocycles. The minimum absolute atomic E-state index is 0.0795. The first-order valence-corrected chi connectivity index (χ1v) is 8.28. The van der Waals surface area contributed by atoms with E-state index in [2.05, 4.69) is 38.2 Å². The molecule has 110 valence electrons. The fourth-order valence-corrected chi connectivity index (χ4v) is 3.83. The molecule has 0 saturated carbocycles. The van der Waals surface area contributed by atoms with Gasteiger partial charge in [-0.3, -0.25) is 0 Å². The lowest BCUT2D eigenvalue weighted by Gasteiger charge is -2.13. The Labute approximate surface area is 133 Å². The molecule has 21 heavy (non-hydrogen) atoms. The lowest BCUT2D eigenvalue weighted by Crippen LogP contribution is -2.20. The van der Waals surface area contributed by atoms with E-state index in [0.717, 1.165) is 23.3 Å². The molecule has 2 heterocycles. The van der Waals surface area contributed by atoms with Gasteiger partial charge in [0.05, 0.1) is 5.02 Å². The third kappa shape index (κ3) is 2.73. The van der Waals surface area contributed by atoms with Gasteiger partial charge in [0.15, 0.2) is 5.58 Å². The number of hydrogen-bond acceptors (Lipinski definition) is 3. The monoisotopic (exact) mass is 319 g/mol. The Hall–Kier alpha value is -1.29. The van der Waals surface area contributed by atoms with Crippen LogP contribution in [0.1, 0.15) is 34.0 Å². The molecule has 1 atom stereocenters. The highest BCUT2D eigenvalue weighted by Gasteiger charge is 2.20. The Balaban J connectivity index is 2.08. The second-order valence-electron chi connectivity index (χ2n) is 5.19. The maximum absolute atomic E-state index is 6.22. The normalized spacial score (nSPS) is 13.0. The first kappa shape index (κ1) is 14.6. The Bertz CT molecular complexity index is 755. The number of nitrogens with one attached hydrogen (secondary N) is 1. The van der Waals surface area contributed by atoms with Crippen molar-refractivity contribution in [1.82, 2.24) is 5.32 Å². The molecule has 0 aliphatic carbocycles. The SMILES string of the molecule is CCNC(c1cc2cccc(Cl)c2o1)c1cc(C)c(C)s1. The Morgan fingerprint density at radius 2 is 2.10 bits per heavy atom. The zero-order valence-corrected chi connectivity index (χ0v) is 13.9. The first-order valence-electron chi connectivity index (χ1n) is 7.08. The molecule has 4 heteroatoms. The average Bonchev–Trinajstić information content (AvgIpc) is 3.01. The number of aryl methyl sites for hydroxylation is 2. The van der Waals surface area contributed by atoms with Crippen molar-refractivity contribution in [3.05, 3.63) is 56.4 Å². The van der Waals surface area contributed by atoms with Crippen LogP contribution in [0.2, 0.25) is 5.02 Å². The third-order valence-corrected chi connectivity index (χ3v) is 5.19. The van der Waals surface area contributed by atoms with E-state index in [1.165, 1.54) is 15.3 Å². The number of fused-ring (bicyclic) bond motifs is 1. The molecule has 1 aromatic carbocycles. The summed E-state index contributed by atoms with van der Waals surface area (Å²) in [6.45, 7) is 7.29.